The molecular formula is C45H29N5. The number of hydrogen-bond donors (Lipinski definition) is 0. The summed E-state index contributed by atoms with van der Waals surface area (Å²) < 4.78 is 4.50. The molecule has 5 heteroatoms. The Kier molecular flexibility index (Phi) is 6.42. The van der Waals surface area contributed by atoms with E-state index < -0.39 is 0 Å². The van der Waals surface area contributed by atoms with Gasteiger partial charge >= 0.3 is 0 Å². The summed E-state index contributed by atoms with van der Waals surface area (Å²) in [5.74, 6) is 1.80. The zero-order valence-corrected chi connectivity index (χ0v) is 27.0. The summed E-state index contributed by atoms with van der Waals surface area (Å²) >= 11 is 0. The van der Waals surface area contributed by atoms with Crippen molar-refractivity contribution in [3.05, 3.63) is 176 Å². The number of hydrogen-bond acceptors (Lipinski definition) is 3. The molecule has 0 unspecified atom stereocenters. The van der Waals surface area contributed by atoms with Crippen molar-refractivity contribution >= 4 is 43.6 Å². The summed E-state index contributed by atoms with van der Waals surface area (Å²) in [5, 5.41) is 4.73. The van der Waals surface area contributed by atoms with Gasteiger partial charge in [0.05, 0.1) is 27.8 Å². The van der Waals surface area contributed by atoms with Crippen LogP contribution in [0.25, 0.3) is 89.2 Å². The normalized spacial score (nSPS) is 11.6. The summed E-state index contributed by atoms with van der Waals surface area (Å²) in [4.78, 5) is 15.7. The molecule has 0 aliphatic carbocycles. The van der Waals surface area contributed by atoms with E-state index in [0.717, 1.165) is 55.2 Å². The molecule has 0 aliphatic rings. The van der Waals surface area contributed by atoms with Crippen LogP contribution in [0.1, 0.15) is 0 Å². The van der Waals surface area contributed by atoms with Crippen molar-refractivity contribution in [1.82, 2.24) is 24.1 Å². The lowest BCUT2D eigenvalue weighted by Gasteiger charge is -2.15. The van der Waals surface area contributed by atoms with Gasteiger partial charge < -0.3 is 4.57 Å². The molecule has 3 aromatic heterocycles. The first-order chi connectivity index (χ1) is 24.8. The third-order valence-electron chi connectivity index (χ3n) is 9.62. The highest BCUT2D eigenvalue weighted by atomic mass is 15.2. The van der Waals surface area contributed by atoms with Crippen molar-refractivity contribution in [1.29, 1.82) is 0 Å². The quantitative estimate of drug-likeness (QED) is 0.188. The van der Waals surface area contributed by atoms with E-state index >= 15 is 0 Å². The summed E-state index contributed by atoms with van der Waals surface area (Å²) in [6.45, 7) is 0. The van der Waals surface area contributed by atoms with E-state index in [2.05, 4.69) is 179 Å². The molecule has 0 spiro atoms. The predicted octanol–water partition coefficient (Wildman–Crippen LogP) is 11.1. The third-order valence-corrected chi connectivity index (χ3v) is 9.62. The summed E-state index contributed by atoms with van der Waals surface area (Å²) in [5.41, 5.74) is 9.53. The Balaban J connectivity index is 1.24. The highest BCUT2D eigenvalue weighted by Gasteiger charge is 2.21. The second-order valence-electron chi connectivity index (χ2n) is 12.5. The molecule has 0 N–H and O–H groups in total. The lowest BCUT2D eigenvalue weighted by atomic mass is 10.0. The lowest BCUT2D eigenvalue weighted by Crippen LogP contribution is -2.07. The second kappa shape index (κ2) is 11.4. The van der Waals surface area contributed by atoms with Crippen LogP contribution in [-0.4, -0.2) is 24.1 Å². The molecule has 10 aromatic rings. The van der Waals surface area contributed by atoms with Crippen LogP contribution in [0.15, 0.2) is 176 Å². The number of rotatable bonds is 5. The summed E-state index contributed by atoms with van der Waals surface area (Å²) in [7, 11) is 0. The highest BCUT2D eigenvalue weighted by molar-refractivity contribution is 6.10. The van der Waals surface area contributed by atoms with Gasteiger partial charge in [-0.1, -0.05) is 140 Å². The zero-order chi connectivity index (χ0) is 33.0. The summed E-state index contributed by atoms with van der Waals surface area (Å²) in [6, 6.07) is 61.4. The number of para-hydroxylation sites is 5. The molecule has 10 rings (SSSR count). The van der Waals surface area contributed by atoms with Gasteiger partial charge in [-0.2, -0.15) is 9.97 Å². The van der Waals surface area contributed by atoms with Gasteiger partial charge in [0.1, 0.15) is 0 Å². The van der Waals surface area contributed by atoms with Gasteiger partial charge in [-0.05, 0) is 47.5 Å². The lowest BCUT2D eigenvalue weighted by molar-refractivity contribution is 0.951. The van der Waals surface area contributed by atoms with Gasteiger partial charge in [0.15, 0.2) is 11.6 Å². The van der Waals surface area contributed by atoms with Crippen LogP contribution in [0.3, 0.4) is 0 Å². The molecule has 0 saturated heterocycles. The Morgan fingerprint density at radius 3 is 1.30 bits per heavy atom. The minimum atomic E-state index is 0.576. The van der Waals surface area contributed by atoms with Crippen molar-refractivity contribution in [2.24, 2.45) is 0 Å². The number of nitrogens with zero attached hydrogens (tertiary/aromatic N) is 5. The largest absolute Gasteiger partial charge is 0.309 e. The Labute approximate surface area is 288 Å². The molecule has 7 aromatic carbocycles. The molecular weight excluding hydrogens is 611 g/mol. The Bertz CT molecular complexity index is 2760. The van der Waals surface area contributed by atoms with Crippen LogP contribution in [0, 0.1) is 0 Å². The molecule has 3 heterocycles. The van der Waals surface area contributed by atoms with Gasteiger partial charge in [-0.3, -0.25) is 4.57 Å². The average Bonchev–Trinajstić information content (AvgIpc) is 3.71. The highest BCUT2D eigenvalue weighted by Crippen LogP contribution is 2.37. The molecule has 0 radical (unpaired) electrons. The van der Waals surface area contributed by atoms with Crippen molar-refractivity contribution in [2.75, 3.05) is 0 Å². The van der Waals surface area contributed by atoms with E-state index in [1.807, 2.05) is 6.07 Å². The minimum absolute atomic E-state index is 0.576. The fourth-order valence-electron chi connectivity index (χ4n) is 7.33. The van der Waals surface area contributed by atoms with Crippen molar-refractivity contribution in [3.63, 3.8) is 0 Å². The van der Waals surface area contributed by atoms with Gasteiger partial charge in [0.25, 0.3) is 0 Å². The van der Waals surface area contributed by atoms with Gasteiger partial charge in [0.2, 0.25) is 5.95 Å². The SMILES string of the molecule is c1ccc(-c2ccc(-c3nc(-c4ccccc4-n4c5ccccc5c5ccccc54)nc(-n4c5ccccc5c5ccccc54)n3)cc2)cc1. The third kappa shape index (κ3) is 4.45. The first kappa shape index (κ1) is 28.2. The first-order valence-electron chi connectivity index (χ1n) is 16.8. The van der Waals surface area contributed by atoms with Crippen LogP contribution in [-0.2, 0) is 0 Å². The van der Waals surface area contributed by atoms with E-state index in [1.165, 1.54) is 16.3 Å². The van der Waals surface area contributed by atoms with E-state index in [4.69, 9.17) is 15.0 Å². The molecule has 5 nitrogen and oxygen atoms in total. The maximum Gasteiger partial charge on any atom is 0.238 e. The smallest absolute Gasteiger partial charge is 0.238 e. The van der Waals surface area contributed by atoms with Gasteiger partial charge in [-0.15, -0.1) is 0 Å². The fraction of sp³-hybridized carbons (Fsp3) is 0. The summed E-state index contributed by atoms with van der Waals surface area (Å²) in [6.07, 6.45) is 0. The Hall–Kier alpha value is -6.85. The second-order valence-corrected chi connectivity index (χ2v) is 12.5. The monoisotopic (exact) mass is 639 g/mol. The Morgan fingerprint density at radius 1 is 0.300 bits per heavy atom. The molecule has 0 saturated carbocycles. The fourth-order valence-corrected chi connectivity index (χ4v) is 7.33. The van der Waals surface area contributed by atoms with Crippen LogP contribution >= 0.6 is 0 Å². The van der Waals surface area contributed by atoms with Gasteiger partial charge in [0, 0.05) is 32.7 Å². The first-order valence-corrected chi connectivity index (χ1v) is 16.8. The molecule has 50 heavy (non-hydrogen) atoms. The number of fused-ring (bicyclic) bond motifs is 6. The van der Waals surface area contributed by atoms with Crippen LogP contribution < -0.4 is 0 Å². The molecule has 0 amide bonds. The van der Waals surface area contributed by atoms with Crippen molar-refractivity contribution in [3.8, 4) is 45.5 Å². The topological polar surface area (TPSA) is 48.5 Å². The molecule has 0 bridgehead atoms. The van der Waals surface area contributed by atoms with Crippen molar-refractivity contribution < 1.29 is 0 Å². The maximum absolute atomic E-state index is 5.30. The van der Waals surface area contributed by atoms with Crippen LogP contribution in [0.2, 0.25) is 0 Å². The number of aromatic nitrogens is 5. The van der Waals surface area contributed by atoms with E-state index in [1.54, 1.807) is 0 Å². The standard InChI is InChI=1S/C45H29N5/c1-2-14-30(15-3-1)31-26-28-32(29-27-31)43-46-44(48-45(47-43)50-40-23-11-6-18-35(40)36-19-7-12-24-41(36)50)37-20-8-13-25-42(37)49-38-21-9-4-16-33(38)34-17-5-10-22-39(34)49/h1-29H. The minimum Gasteiger partial charge on any atom is -0.309 e. The van der Waals surface area contributed by atoms with Crippen LogP contribution in [0.4, 0.5) is 0 Å². The van der Waals surface area contributed by atoms with E-state index in [9.17, 15) is 0 Å². The molecule has 234 valence electrons. The van der Waals surface area contributed by atoms with E-state index in [-0.39, 0.29) is 0 Å². The van der Waals surface area contributed by atoms with Crippen LogP contribution in [0.5, 0.6) is 0 Å². The zero-order valence-electron chi connectivity index (χ0n) is 27.0. The predicted molar refractivity (Wildman–Crippen MR) is 205 cm³/mol. The molecule has 0 aliphatic heterocycles. The Morgan fingerprint density at radius 2 is 0.720 bits per heavy atom. The average molecular weight is 640 g/mol. The van der Waals surface area contributed by atoms with Crippen molar-refractivity contribution in [2.45, 2.75) is 0 Å². The van der Waals surface area contributed by atoms with Gasteiger partial charge in [-0.25, -0.2) is 4.98 Å². The number of benzene rings is 7. The van der Waals surface area contributed by atoms with E-state index in [0.29, 0.717) is 17.6 Å². The maximum atomic E-state index is 5.30. The molecule has 0 atom stereocenters. The molecule has 0 fully saturated rings.